The highest BCUT2D eigenvalue weighted by Crippen LogP contribution is 2.35. The Balaban J connectivity index is 0.000000210. The van der Waals surface area contributed by atoms with Crippen molar-refractivity contribution in [2.45, 2.75) is 26.9 Å². The van der Waals surface area contributed by atoms with Gasteiger partial charge in [-0.15, -0.1) is 0 Å². The van der Waals surface area contributed by atoms with Gasteiger partial charge in [0.25, 0.3) is 11.1 Å². The van der Waals surface area contributed by atoms with Crippen molar-refractivity contribution in [1.82, 2.24) is 28.7 Å². The van der Waals surface area contributed by atoms with E-state index < -0.39 is 51.3 Å². The van der Waals surface area contributed by atoms with Crippen LogP contribution in [0.3, 0.4) is 0 Å². The zero-order valence-corrected chi connectivity index (χ0v) is 31.3. The third-order valence-corrected chi connectivity index (χ3v) is 8.66. The summed E-state index contributed by atoms with van der Waals surface area (Å²) in [6.45, 7) is 3.88. The van der Waals surface area contributed by atoms with E-state index in [1.165, 1.54) is 58.0 Å². The molecule has 0 atom stereocenters. The second-order valence-corrected chi connectivity index (χ2v) is 12.8. The predicted molar refractivity (Wildman–Crippen MR) is 195 cm³/mol. The molecule has 0 unspecified atom stereocenters. The highest BCUT2D eigenvalue weighted by Gasteiger charge is 2.25. The van der Waals surface area contributed by atoms with Gasteiger partial charge in [-0.3, -0.25) is 9.59 Å². The van der Waals surface area contributed by atoms with Gasteiger partial charge in [0, 0.05) is 56.9 Å². The minimum Gasteiger partial charge on any atom is -0.491 e. The quantitative estimate of drug-likeness (QED) is 0.101. The van der Waals surface area contributed by atoms with Crippen LogP contribution >= 0.6 is 46.4 Å². The predicted octanol–water partition coefficient (Wildman–Crippen LogP) is 8.78. The summed E-state index contributed by atoms with van der Waals surface area (Å²) >= 11 is 23.8. The maximum atomic E-state index is 15.0. The lowest BCUT2D eigenvalue weighted by atomic mass is 10.1. The van der Waals surface area contributed by atoms with Crippen LogP contribution in [-0.2, 0) is 17.8 Å². The normalized spacial score (nSPS) is 11.1. The first-order valence-corrected chi connectivity index (χ1v) is 17.3. The van der Waals surface area contributed by atoms with Crippen LogP contribution in [-0.4, -0.2) is 49.0 Å². The van der Waals surface area contributed by atoms with Crippen LogP contribution in [0.5, 0.6) is 5.75 Å². The van der Waals surface area contributed by atoms with Crippen molar-refractivity contribution in [2.75, 3.05) is 20.3 Å². The van der Waals surface area contributed by atoms with E-state index in [1.807, 2.05) is 0 Å². The summed E-state index contributed by atoms with van der Waals surface area (Å²) in [4.78, 5) is 24.9. The topological polar surface area (TPSA) is 98.1 Å². The third-order valence-electron chi connectivity index (χ3n) is 7.73. The number of rotatable bonds is 10. The summed E-state index contributed by atoms with van der Waals surface area (Å²) in [5.74, 6) is -5.17. The maximum Gasteiger partial charge on any atom is 0.269 e. The van der Waals surface area contributed by atoms with E-state index in [0.29, 0.717) is 17.2 Å². The summed E-state index contributed by atoms with van der Waals surface area (Å²) in [6.07, 6.45) is 5.51. The number of hydrogen-bond acceptors (Lipinski definition) is 6. The molecule has 6 aromatic rings. The van der Waals surface area contributed by atoms with Crippen LogP contribution < -0.4 is 15.9 Å². The molecule has 19 heteroatoms. The van der Waals surface area contributed by atoms with Crippen molar-refractivity contribution in [1.29, 1.82) is 0 Å². The van der Waals surface area contributed by atoms with Crippen molar-refractivity contribution in [3.05, 3.63) is 131 Å². The lowest BCUT2D eigenvalue weighted by molar-refractivity contribution is 0.146. The minimum absolute atomic E-state index is 0.00356. The number of ether oxygens (including phenoxy) is 2. The number of aromatic nitrogens is 6. The standard InChI is InChI=1S/C19H17Cl2F2N3O3.C16H10Cl2F3N3O/c1-3-25-18(16(8-13(21)19(25)27)26-10-11(20)9-24-26)17-14(22)6-12(7-15(17)23)29-5-4-28-2;1-2-23-15(14-11(20)3-9(19)4-12(14)21)13(5-10(18)16(23)25)24-7-8(17)6-22-24/h6-10H,3-5H2,1-2H3;3-7H,2H2,1H3. The molecule has 0 spiro atoms. The summed E-state index contributed by atoms with van der Waals surface area (Å²) in [5, 5.41) is 8.37. The number of methoxy groups -OCH3 is 1. The first kappa shape index (κ1) is 40.5. The van der Waals surface area contributed by atoms with Crippen molar-refractivity contribution in [2.24, 2.45) is 0 Å². The Labute approximate surface area is 323 Å². The van der Waals surface area contributed by atoms with Crippen LogP contribution in [0, 0.1) is 29.1 Å². The van der Waals surface area contributed by atoms with Gasteiger partial charge in [-0.05, 0) is 26.0 Å². The molecule has 4 heterocycles. The van der Waals surface area contributed by atoms with Crippen LogP contribution in [0.1, 0.15) is 13.8 Å². The molecule has 0 aliphatic heterocycles. The number of pyridine rings is 2. The Hall–Kier alpha value is -4.67. The Kier molecular flexibility index (Phi) is 12.9. The molecular formula is C35H27Cl4F5N6O4. The third kappa shape index (κ3) is 8.35. The fourth-order valence-corrected chi connectivity index (χ4v) is 6.14. The second kappa shape index (κ2) is 17.2. The molecule has 0 amide bonds. The zero-order chi connectivity index (χ0) is 39.4. The average Bonchev–Trinajstić information content (AvgIpc) is 3.75. The molecule has 0 radical (unpaired) electrons. The molecule has 0 N–H and O–H groups in total. The van der Waals surface area contributed by atoms with Crippen LogP contribution in [0.2, 0.25) is 20.1 Å². The lowest BCUT2D eigenvalue weighted by Crippen LogP contribution is -2.24. The van der Waals surface area contributed by atoms with Gasteiger partial charge in [0.15, 0.2) is 0 Å². The van der Waals surface area contributed by atoms with Crippen molar-refractivity contribution in [3.8, 4) is 39.6 Å². The van der Waals surface area contributed by atoms with Gasteiger partial charge in [0.1, 0.15) is 51.5 Å². The van der Waals surface area contributed by atoms with Crippen molar-refractivity contribution in [3.63, 3.8) is 0 Å². The fraction of sp³-hybridized carbons (Fsp3) is 0.200. The Bertz CT molecular complexity index is 2420. The number of hydrogen-bond donors (Lipinski definition) is 0. The molecule has 0 fully saturated rings. The van der Waals surface area contributed by atoms with Gasteiger partial charge in [-0.1, -0.05) is 46.4 Å². The lowest BCUT2D eigenvalue weighted by Gasteiger charge is -2.18. The van der Waals surface area contributed by atoms with E-state index in [4.69, 9.17) is 55.9 Å². The minimum atomic E-state index is -1.15. The van der Waals surface area contributed by atoms with E-state index >= 15 is 8.78 Å². The highest BCUT2D eigenvalue weighted by atomic mass is 35.5. The fourth-order valence-electron chi connectivity index (χ4n) is 5.45. The first-order valence-electron chi connectivity index (χ1n) is 15.7. The smallest absolute Gasteiger partial charge is 0.269 e. The van der Waals surface area contributed by atoms with Crippen LogP contribution in [0.25, 0.3) is 33.9 Å². The SMILES string of the molecule is CCn1c(-c2c(F)cc(F)cc2F)c(-n2cc(Cl)cn2)cc(Cl)c1=O.CCn1c(-c2c(F)cc(OCCOC)cc2F)c(-n2cc(Cl)cn2)cc(Cl)c1=O. The number of nitrogens with zero attached hydrogens (tertiary/aromatic N) is 6. The Morgan fingerprint density at radius 2 is 1.04 bits per heavy atom. The molecule has 10 nitrogen and oxygen atoms in total. The molecule has 0 aliphatic rings. The molecule has 0 bridgehead atoms. The zero-order valence-electron chi connectivity index (χ0n) is 28.3. The molecule has 284 valence electrons. The molecule has 0 saturated carbocycles. The molecule has 0 aliphatic carbocycles. The summed E-state index contributed by atoms with van der Waals surface area (Å²) in [5.41, 5.74) is -1.97. The van der Waals surface area contributed by atoms with E-state index in [9.17, 15) is 22.8 Å². The monoisotopic (exact) mass is 830 g/mol. The van der Waals surface area contributed by atoms with Gasteiger partial charge in [-0.25, -0.2) is 31.3 Å². The highest BCUT2D eigenvalue weighted by molar-refractivity contribution is 6.31. The van der Waals surface area contributed by atoms with Gasteiger partial charge in [0.05, 0.1) is 62.9 Å². The van der Waals surface area contributed by atoms with E-state index in [1.54, 1.807) is 13.8 Å². The Morgan fingerprint density at radius 3 is 1.39 bits per heavy atom. The molecule has 4 aromatic heterocycles. The Morgan fingerprint density at radius 1 is 0.630 bits per heavy atom. The molecule has 6 rings (SSSR count). The first-order chi connectivity index (χ1) is 25.7. The van der Waals surface area contributed by atoms with Gasteiger partial charge < -0.3 is 18.6 Å². The van der Waals surface area contributed by atoms with Crippen LogP contribution in [0.4, 0.5) is 22.0 Å². The largest absolute Gasteiger partial charge is 0.491 e. The van der Waals surface area contributed by atoms with E-state index in [-0.39, 0.29) is 69.9 Å². The summed E-state index contributed by atoms with van der Waals surface area (Å²) in [7, 11) is 1.49. The molecule has 2 aromatic carbocycles. The summed E-state index contributed by atoms with van der Waals surface area (Å²) < 4.78 is 86.9. The van der Waals surface area contributed by atoms with Crippen LogP contribution in [0.15, 0.2) is 70.8 Å². The van der Waals surface area contributed by atoms with Gasteiger partial charge >= 0.3 is 0 Å². The molecule has 0 saturated heterocycles. The van der Waals surface area contributed by atoms with Gasteiger partial charge in [0.2, 0.25) is 0 Å². The summed E-state index contributed by atoms with van der Waals surface area (Å²) in [6, 6.07) is 5.71. The number of benzene rings is 2. The van der Waals surface area contributed by atoms with E-state index in [0.717, 1.165) is 16.7 Å². The average molecular weight is 832 g/mol. The molecular weight excluding hydrogens is 805 g/mol. The van der Waals surface area contributed by atoms with Gasteiger partial charge in [-0.2, -0.15) is 10.2 Å². The number of halogens is 9. The van der Waals surface area contributed by atoms with Crippen molar-refractivity contribution >= 4 is 46.4 Å². The van der Waals surface area contributed by atoms with Crippen molar-refractivity contribution < 1.29 is 31.4 Å². The molecule has 54 heavy (non-hydrogen) atoms. The van der Waals surface area contributed by atoms with E-state index in [2.05, 4.69) is 10.2 Å². The second-order valence-electron chi connectivity index (χ2n) is 11.1. The maximum absolute atomic E-state index is 15.0.